The maximum Gasteiger partial charge on any atom is 0.191 e. The van der Waals surface area contributed by atoms with Crippen LogP contribution in [0.25, 0.3) is 10.9 Å². The number of rotatable bonds is 9. The van der Waals surface area contributed by atoms with E-state index in [0.717, 1.165) is 37.6 Å². The molecule has 0 aliphatic carbocycles. The van der Waals surface area contributed by atoms with Crippen LogP contribution in [-0.2, 0) is 13.0 Å². The summed E-state index contributed by atoms with van der Waals surface area (Å²) in [6.45, 7) is 5.21. The van der Waals surface area contributed by atoms with Crippen molar-refractivity contribution >= 4 is 40.8 Å². The molecular formula is C23H31IN4O2. The van der Waals surface area contributed by atoms with Crippen LogP contribution in [0.3, 0.4) is 0 Å². The Hall–Kier alpha value is -2.42. The second kappa shape index (κ2) is 12.3. The molecule has 30 heavy (non-hydrogen) atoms. The first-order valence-electron chi connectivity index (χ1n) is 10.1. The van der Waals surface area contributed by atoms with Crippen molar-refractivity contribution in [2.45, 2.75) is 26.3 Å². The third-order valence-corrected chi connectivity index (χ3v) is 4.84. The van der Waals surface area contributed by atoms with Crippen molar-refractivity contribution in [3.8, 4) is 11.5 Å². The molecule has 0 amide bonds. The van der Waals surface area contributed by atoms with Gasteiger partial charge in [0.15, 0.2) is 17.5 Å². The number of para-hydroxylation sites is 2. The van der Waals surface area contributed by atoms with Crippen LogP contribution in [0.2, 0.25) is 0 Å². The predicted molar refractivity (Wildman–Crippen MR) is 134 cm³/mol. The number of nitrogens with zero attached hydrogens (tertiary/aromatic N) is 2. The van der Waals surface area contributed by atoms with Crippen molar-refractivity contribution in [2.24, 2.45) is 4.99 Å². The average Bonchev–Trinajstić information content (AvgIpc) is 3.15. The number of hydrogen-bond acceptors (Lipinski definition) is 3. The lowest BCUT2D eigenvalue weighted by Crippen LogP contribution is -2.38. The molecule has 162 valence electrons. The molecule has 1 aromatic heterocycles. The predicted octanol–water partition coefficient (Wildman–Crippen LogP) is 4.16. The fourth-order valence-corrected chi connectivity index (χ4v) is 3.36. The van der Waals surface area contributed by atoms with Crippen molar-refractivity contribution in [3.63, 3.8) is 0 Å². The van der Waals surface area contributed by atoms with E-state index in [1.807, 2.05) is 12.1 Å². The summed E-state index contributed by atoms with van der Waals surface area (Å²) in [7, 11) is 1.56. The van der Waals surface area contributed by atoms with Gasteiger partial charge in [-0.3, -0.25) is 4.99 Å². The molecule has 2 aromatic carbocycles. The second-order valence-corrected chi connectivity index (χ2v) is 6.83. The fourth-order valence-electron chi connectivity index (χ4n) is 3.36. The van der Waals surface area contributed by atoms with Crippen LogP contribution in [0.5, 0.6) is 11.5 Å². The zero-order chi connectivity index (χ0) is 20.5. The highest BCUT2D eigenvalue weighted by molar-refractivity contribution is 14.0. The van der Waals surface area contributed by atoms with Gasteiger partial charge in [0, 0.05) is 37.9 Å². The van der Waals surface area contributed by atoms with Gasteiger partial charge in [0.05, 0.1) is 7.11 Å². The van der Waals surface area contributed by atoms with E-state index in [-0.39, 0.29) is 29.7 Å². The maximum atomic E-state index is 10.2. The van der Waals surface area contributed by atoms with E-state index in [1.54, 1.807) is 13.2 Å². The number of halogens is 1. The normalized spacial score (nSPS) is 11.2. The molecule has 0 bridgehead atoms. The monoisotopic (exact) mass is 522 g/mol. The quantitative estimate of drug-likeness (QED) is 0.171. The van der Waals surface area contributed by atoms with Crippen molar-refractivity contribution < 1.29 is 9.84 Å². The van der Waals surface area contributed by atoms with Crippen LogP contribution in [-0.4, -0.2) is 42.4 Å². The Morgan fingerprint density at radius 3 is 2.73 bits per heavy atom. The molecule has 6 nitrogen and oxygen atoms in total. The van der Waals surface area contributed by atoms with Gasteiger partial charge in [-0.1, -0.05) is 30.3 Å². The molecular weight excluding hydrogens is 491 g/mol. The van der Waals surface area contributed by atoms with Gasteiger partial charge in [0.25, 0.3) is 0 Å². The number of phenolic OH excluding ortho intramolecular Hbond substituents is 1. The Labute approximate surface area is 195 Å². The number of benzene rings is 2. The number of phenols is 1. The Kier molecular flexibility index (Phi) is 9.79. The molecule has 0 saturated carbocycles. The first-order chi connectivity index (χ1) is 14.2. The second-order valence-electron chi connectivity index (χ2n) is 6.83. The van der Waals surface area contributed by atoms with Crippen molar-refractivity contribution in [2.75, 3.05) is 26.7 Å². The van der Waals surface area contributed by atoms with Gasteiger partial charge in [-0.25, -0.2) is 0 Å². The largest absolute Gasteiger partial charge is 0.504 e. The van der Waals surface area contributed by atoms with Crippen LogP contribution in [0.4, 0.5) is 0 Å². The van der Waals surface area contributed by atoms with E-state index in [4.69, 9.17) is 4.74 Å². The summed E-state index contributed by atoms with van der Waals surface area (Å²) in [5.41, 5.74) is 2.12. The van der Waals surface area contributed by atoms with E-state index >= 15 is 0 Å². The van der Waals surface area contributed by atoms with Gasteiger partial charge >= 0.3 is 0 Å². The molecule has 0 fully saturated rings. The number of fused-ring (bicyclic) bond motifs is 1. The number of ether oxygens (including phenoxy) is 1. The molecule has 3 rings (SSSR count). The number of aromatic nitrogens is 1. The zero-order valence-corrected chi connectivity index (χ0v) is 19.9. The van der Waals surface area contributed by atoms with Crippen LogP contribution in [0, 0.1) is 0 Å². The molecule has 3 N–H and O–H groups in total. The van der Waals surface area contributed by atoms with Crippen LogP contribution in [0.1, 0.15) is 18.9 Å². The minimum Gasteiger partial charge on any atom is -0.504 e. The summed E-state index contributed by atoms with van der Waals surface area (Å²) in [5, 5.41) is 18.1. The Morgan fingerprint density at radius 1 is 1.10 bits per heavy atom. The SMILES string of the molecule is CCNC(=NCCCn1ccc2ccccc21)NCCc1cccc(OC)c1O.I. The van der Waals surface area contributed by atoms with Gasteiger partial charge < -0.3 is 25.0 Å². The van der Waals surface area contributed by atoms with E-state index in [9.17, 15) is 5.11 Å². The topological polar surface area (TPSA) is 70.8 Å². The van der Waals surface area contributed by atoms with Crippen LogP contribution in [0.15, 0.2) is 59.7 Å². The van der Waals surface area contributed by atoms with Crippen molar-refractivity contribution in [1.82, 2.24) is 15.2 Å². The van der Waals surface area contributed by atoms with Gasteiger partial charge in [-0.2, -0.15) is 0 Å². The third kappa shape index (κ3) is 6.29. The number of aliphatic imine (C=N–C) groups is 1. The molecule has 0 unspecified atom stereocenters. The molecule has 0 saturated heterocycles. The van der Waals surface area contributed by atoms with E-state index in [1.165, 1.54) is 10.9 Å². The summed E-state index contributed by atoms with van der Waals surface area (Å²) in [6, 6.07) is 16.1. The number of aromatic hydroxyl groups is 1. The van der Waals surface area contributed by atoms with Crippen LogP contribution < -0.4 is 15.4 Å². The maximum absolute atomic E-state index is 10.2. The first-order valence-corrected chi connectivity index (χ1v) is 10.1. The minimum absolute atomic E-state index is 0. The summed E-state index contributed by atoms with van der Waals surface area (Å²) in [5.74, 6) is 1.51. The third-order valence-electron chi connectivity index (χ3n) is 4.84. The molecule has 0 aliphatic heterocycles. The summed E-state index contributed by atoms with van der Waals surface area (Å²) in [4.78, 5) is 4.67. The highest BCUT2D eigenvalue weighted by Gasteiger charge is 2.07. The fraction of sp³-hybridized carbons (Fsp3) is 0.348. The standard InChI is InChI=1S/C23H30N4O2.HI/c1-3-24-23(26-15-12-19-9-6-11-21(29-2)22(19)28)25-14-7-16-27-17-13-18-8-4-5-10-20(18)27;/h4-6,8-11,13,17,28H,3,7,12,14-16H2,1-2H3,(H2,24,25,26);1H. The van der Waals surface area contributed by atoms with Crippen LogP contribution >= 0.6 is 24.0 Å². The van der Waals surface area contributed by atoms with Gasteiger partial charge in [-0.05, 0) is 48.9 Å². The number of guanidine groups is 1. The molecule has 3 aromatic rings. The highest BCUT2D eigenvalue weighted by atomic mass is 127. The Balaban J connectivity index is 0.00000320. The number of aryl methyl sites for hydroxylation is 1. The number of nitrogens with one attached hydrogen (secondary N) is 2. The lowest BCUT2D eigenvalue weighted by molar-refractivity contribution is 0.370. The van der Waals surface area contributed by atoms with Gasteiger partial charge in [0.2, 0.25) is 0 Å². The van der Waals surface area contributed by atoms with Crippen molar-refractivity contribution in [1.29, 1.82) is 0 Å². The number of hydrogen-bond donors (Lipinski definition) is 3. The van der Waals surface area contributed by atoms with Crippen molar-refractivity contribution in [3.05, 3.63) is 60.3 Å². The molecule has 1 heterocycles. The lowest BCUT2D eigenvalue weighted by atomic mass is 10.1. The number of methoxy groups -OCH3 is 1. The molecule has 7 heteroatoms. The molecule has 0 atom stereocenters. The Bertz CT molecular complexity index is 955. The lowest BCUT2D eigenvalue weighted by Gasteiger charge is -2.13. The van der Waals surface area contributed by atoms with E-state index in [2.05, 4.69) is 63.6 Å². The van der Waals surface area contributed by atoms with E-state index in [0.29, 0.717) is 18.7 Å². The summed E-state index contributed by atoms with van der Waals surface area (Å²) >= 11 is 0. The minimum atomic E-state index is 0. The van der Waals surface area contributed by atoms with Gasteiger partial charge in [0.1, 0.15) is 0 Å². The molecule has 0 spiro atoms. The average molecular weight is 522 g/mol. The first kappa shape index (κ1) is 23.9. The Morgan fingerprint density at radius 2 is 1.93 bits per heavy atom. The molecule has 0 radical (unpaired) electrons. The van der Waals surface area contributed by atoms with Gasteiger partial charge in [-0.15, -0.1) is 24.0 Å². The summed E-state index contributed by atoms with van der Waals surface area (Å²) in [6.07, 6.45) is 3.78. The highest BCUT2D eigenvalue weighted by Crippen LogP contribution is 2.29. The van der Waals surface area contributed by atoms with E-state index < -0.39 is 0 Å². The summed E-state index contributed by atoms with van der Waals surface area (Å²) < 4.78 is 7.44. The zero-order valence-electron chi connectivity index (χ0n) is 17.6. The molecule has 0 aliphatic rings. The smallest absolute Gasteiger partial charge is 0.191 e.